The Hall–Kier alpha value is -2.41. The lowest BCUT2D eigenvalue weighted by atomic mass is 10.0. The van der Waals surface area contributed by atoms with Crippen molar-refractivity contribution in [1.82, 2.24) is 15.1 Å². The van der Waals surface area contributed by atoms with E-state index >= 15 is 0 Å². The van der Waals surface area contributed by atoms with Gasteiger partial charge in [0.05, 0.1) is 6.26 Å². The van der Waals surface area contributed by atoms with Crippen molar-refractivity contribution in [1.29, 1.82) is 0 Å². The standard InChI is InChI=1S/C21H28N4O3/c26-18(19-8-6-14-28-19)15-16-7-2-1-3-13-25(16)21(27)17-9-10-20(23-22-17)24-11-4-5-12-24/h6,8-10,14,16,18,26H,1-5,7,11-13,15H2/t16-,18-/m0/s1. The van der Waals surface area contributed by atoms with Crippen LogP contribution in [0, 0.1) is 0 Å². The van der Waals surface area contributed by atoms with Crippen molar-refractivity contribution < 1.29 is 14.3 Å². The number of carbonyl (C=O) groups excluding carboxylic acids is 1. The summed E-state index contributed by atoms with van der Waals surface area (Å²) in [6.45, 7) is 2.69. The third-order valence-corrected chi connectivity index (χ3v) is 5.80. The third kappa shape index (κ3) is 4.19. The molecule has 7 nitrogen and oxygen atoms in total. The van der Waals surface area contributed by atoms with Crippen molar-refractivity contribution in [2.45, 2.75) is 57.1 Å². The molecule has 4 rings (SSSR count). The lowest BCUT2D eigenvalue weighted by Crippen LogP contribution is -2.41. The molecule has 0 radical (unpaired) electrons. The molecule has 0 aromatic carbocycles. The second kappa shape index (κ2) is 8.73. The highest BCUT2D eigenvalue weighted by Gasteiger charge is 2.30. The number of aliphatic hydroxyl groups is 1. The van der Waals surface area contributed by atoms with Crippen molar-refractivity contribution in [3.05, 3.63) is 42.0 Å². The average molecular weight is 384 g/mol. The fourth-order valence-corrected chi connectivity index (χ4v) is 4.25. The van der Waals surface area contributed by atoms with Crippen LogP contribution >= 0.6 is 0 Å². The van der Waals surface area contributed by atoms with Crippen LogP contribution in [-0.2, 0) is 0 Å². The van der Waals surface area contributed by atoms with E-state index in [4.69, 9.17) is 4.42 Å². The molecule has 2 fully saturated rings. The Kier molecular flexibility index (Phi) is 5.90. The molecule has 0 spiro atoms. The Morgan fingerprint density at radius 3 is 2.64 bits per heavy atom. The molecule has 0 unspecified atom stereocenters. The van der Waals surface area contributed by atoms with Gasteiger partial charge in [-0.15, -0.1) is 10.2 Å². The minimum absolute atomic E-state index is 0.0323. The van der Waals surface area contributed by atoms with Crippen LogP contribution < -0.4 is 4.90 Å². The summed E-state index contributed by atoms with van der Waals surface area (Å²) >= 11 is 0. The van der Waals surface area contributed by atoms with Crippen LogP contribution in [0.2, 0.25) is 0 Å². The summed E-state index contributed by atoms with van der Waals surface area (Å²) in [7, 11) is 0. The first-order valence-electron chi connectivity index (χ1n) is 10.3. The van der Waals surface area contributed by atoms with Crippen LogP contribution in [0.5, 0.6) is 0 Å². The van der Waals surface area contributed by atoms with E-state index in [1.54, 1.807) is 24.5 Å². The molecule has 2 atom stereocenters. The van der Waals surface area contributed by atoms with E-state index in [2.05, 4.69) is 15.1 Å². The van der Waals surface area contributed by atoms with Gasteiger partial charge in [0.25, 0.3) is 5.91 Å². The maximum atomic E-state index is 13.2. The van der Waals surface area contributed by atoms with Crippen LogP contribution in [0.1, 0.15) is 67.3 Å². The van der Waals surface area contributed by atoms with Gasteiger partial charge < -0.3 is 19.3 Å². The van der Waals surface area contributed by atoms with Crippen LogP contribution in [0.4, 0.5) is 5.82 Å². The van der Waals surface area contributed by atoms with E-state index < -0.39 is 6.10 Å². The molecule has 2 saturated heterocycles. The van der Waals surface area contributed by atoms with Gasteiger partial charge in [0.2, 0.25) is 0 Å². The molecule has 4 heterocycles. The summed E-state index contributed by atoms with van der Waals surface area (Å²) in [6.07, 6.45) is 7.67. The number of amides is 1. The van der Waals surface area contributed by atoms with Gasteiger partial charge in [-0.05, 0) is 49.9 Å². The number of furan rings is 1. The quantitative estimate of drug-likeness (QED) is 0.853. The summed E-state index contributed by atoms with van der Waals surface area (Å²) in [4.78, 5) is 17.2. The number of likely N-dealkylation sites (tertiary alicyclic amines) is 1. The highest BCUT2D eigenvalue weighted by atomic mass is 16.4. The third-order valence-electron chi connectivity index (χ3n) is 5.80. The first-order valence-corrected chi connectivity index (χ1v) is 10.3. The zero-order chi connectivity index (χ0) is 19.3. The van der Waals surface area contributed by atoms with Gasteiger partial charge in [0.1, 0.15) is 11.9 Å². The first kappa shape index (κ1) is 18.9. The van der Waals surface area contributed by atoms with E-state index in [1.807, 2.05) is 11.0 Å². The second-order valence-electron chi connectivity index (χ2n) is 7.74. The first-order chi connectivity index (χ1) is 13.7. The van der Waals surface area contributed by atoms with Crippen LogP contribution in [0.3, 0.4) is 0 Å². The summed E-state index contributed by atoms with van der Waals surface area (Å²) in [5.41, 5.74) is 0.377. The Balaban J connectivity index is 1.47. The van der Waals surface area contributed by atoms with Crippen LogP contribution in [0.15, 0.2) is 34.9 Å². The normalized spacial score (nSPS) is 21.5. The molecule has 2 aliphatic rings. The molecule has 1 N–H and O–H groups in total. The van der Waals surface area contributed by atoms with E-state index in [1.165, 1.54) is 12.8 Å². The van der Waals surface area contributed by atoms with Gasteiger partial charge in [-0.2, -0.15) is 0 Å². The number of anilines is 1. The maximum Gasteiger partial charge on any atom is 0.274 e. The van der Waals surface area contributed by atoms with Crippen molar-refractivity contribution in [3.63, 3.8) is 0 Å². The monoisotopic (exact) mass is 384 g/mol. The second-order valence-corrected chi connectivity index (χ2v) is 7.74. The number of hydrogen-bond donors (Lipinski definition) is 1. The molecular formula is C21H28N4O3. The number of aliphatic hydroxyl groups excluding tert-OH is 1. The van der Waals surface area contributed by atoms with Crippen molar-refractivity contribution >= 4 is 11.7 Å². The van der Waals surface area contributed by atoms with Crippen molar-refractivity contribution in [2.75, 3.05) is 24.5 Å². The van der Waals surface area contributed by atoms with Gasteiger partial charge in [-0.25, -0.2) is 0 Å². The Labute approximate surface area is 165 Å². The van der Waals surface area contributed by atoms with E-state index in [0.29, 0.717) is 24.4 Å². The highest BCUT2D eigenvalue weighted by Crippen LogP contribution is 2.28. The summed E-state index contributed by atoms with van der Waals surface area (Å²) < 4.78 is 5.33. The Morgan fingerprint density at radius 1 is 1.11 bits per heavy atom. The van der Waals surface area contributed by atoms with Gasteiger partial charge in [-0.1, -0.05) is 12.8 Å². The Morgan fingerprint density at radius 2 is 1.93 bits per heavy atom. The fraction of sp³-hybridized carbons (Fsp3) is 0.571. The average Bonchev–Trinajstić information content (AvgIpc) is 3.40. The zero-order valence-electron chi connectivity index (χ0n) is 16.2. The molecular weight excluding hydrogens is 356 g/mol. The maximum absolute atomic E-state index is 13.2. The molecule has 0 bridgehead atoms. The Bertz CT molecular complexity index is 756. The topological polar surface area (TPSA) is 82.7 Å². The number of nitrogens with zero attached hydrogens (tertiary/aromatic N) is 4. The summed E-state index contributed by atoms with van der Waals surface area (Å²) in [5.74, 6) is 1.29. The minimum Gasteiger partial charge on any atom is -0.467 e. The lowest BCUT2D eigenvalue weighted by Gasteiger charge is -2.31. The molecule has 28 heavy (non-hydrogen) atoms. The molecule has 0 saturated carbocycles. The smallest absolute Gasteiger partial charge is 0.274 e. The molecule has 2 aromatic rings. The van der Waals surface area contributed by atoms with Crippen molar-refractivity contribution in [2.24, 2.45) is 0 Å². The zero-order valence-corrected chi connectivity index (χ0v) is 16.2. The van der Waals surface area contributed by atoms with Crippen LogP contribution in [0.25, 0.3) is 0 Å². The van der Waals surface area contributed by atoms with Crippen LogP contribution in [-0.4, -0.2) is 51.8 Å². The van der Waals surface area contributed by atoms with Gasteiger partial charge in [0, 0.05) is 32.1 Å². The predicted octanol–water partition coefficient (Wildman–Crippen LogP) is 3.18. The van der Waals surface area contributed by atoms with E-state index in [0.717, 1.165) is 44.6 Å². The molecule has 7 heteroatoms. The summed E-state index contributed by atoms with van der Waals surface area (Å²) in [5, 5.41) is 19.0. The minimum atomic E-state index is -0.711. The van der Waals surface area contributed by atoms with Crippen molar-refractivity contribution in [3.8, 4) is 0 Å². The lowest BCUT2D eigenvalue weighted by molar-refractivity contribution is 0.0551. The number of carbonyl (C=O) groups is 1. The predicted molar refractivity (Wildman–Crippen MR) is 105 cm³/mol. The van der Waals surface area contributed by atoms with E-state index in [-0.39, 0.29) is 11.9 Å². The van der Waals surface area contributed by atoms with Gasteiger partial charge in [0.15, 0.2) is 11.5 Å². The molecule has 1 amide bonds. The fourth-order valence-electron chi connectivity index (χ4n) is 4.25. The number of aromatic nitrogens is 2. The highest BCUT2D eigenvalue weighted by molar-refractivity contribution is 5.92. The number of rotatable bonds is 5. The van der Waals surface area contributed by atoms with Gasteiger partial charge >= 0.3 is 0 Å². The largest absolute Gasteiger partial charge is 0.467 e. The molecule has 2 aliphatic heterocycles. The molecule has 0 aliphatic carbocycles. The van der Waals surface area contributed by atoms with E-state index in [9.17, 15) is 9.90 Å². The molecule has 150 valence electrons. The molecule has 2 aromatic heterocycles. The van der Waals surface area contributed by atoms with Gasteiger partial charge in [-0.3, -0.25) is 4.79 Å². The summed E-state index contributed by atoms with van der Waals surface area (Å²) in [6, 6.07) is 7.20. The number of hydrogen-bond acceptors (Lipinski definition) is 6. The SMILES string of the molecule is O=C(c1ccc(N2CCCC2)nn1)N1CCCCC[C@H]1C[C@H](O)c1ccco1.